The van der Waals surface area contributed by atoms with Gasteiger partial charge in [0.25, 0.3) is 0 Å². The van der Waals surface area contributed by atoms with Crippen LogP contribution in [0, 0.1) is 0 Å². The first-order valence-corrected chi connectivity index (χ1v) is 25.6. The number of carboxylic acids is 1. The van der Waals surface area contributed by atoms with Crippen LogP contribution in [0.2, 0.25) is 0 Å². The third-order valence-electron chi connectivity index (χ3n) is 13.4. The summed E-state index contributed by atoms with van der Waals surface area (Å²) in [5.41, 5.74) is 29.0. The van der Waals surface area contributed by atoms with Gasteiger partial charge in [-0.3, -0.25) is 48.3 Å². The standard InChI is InChI=1S/C50H73N15O11/c51-32(16-7-21-56-49(52)53)45(72)65-25-11-20-39(65)47(74)64-24-9-18-37(64)43(70)58-28-40(67)59-34(26-30-12-3-1-4-13-30)41(68)62-36(29-66)46(73)63-23-10-19-38(63)44(71)61-35(27-31-14-5-2-6-15-31)42(69)60-33(48(75)76)17-8-22-57-50(54)55/h1-6,12-15,32-39,66H,7-11,16-29,51H2,(H,58,70)(H,59,67)(H,60,69)(H,61,71)(H,62,68)(H,75,76)(H4,52,53,56)(H4,54,55,57)/t32-,33-,34-,35-,36-,37-,38-,39?/m0/s1. The first-order valence-electron chi connectivity index (χ1n) is 25.6. The second kappa shape index (κ2) is 29.3. The van der Waals surface area contributed by atoms with Crippen LogP contribution in [0.1, 0.15) is 75.3 Å². The van der Waals surface area contributed by atoms with Crippen LogP contribution in [0.3, 0.4) is 0 Å². The van der Waals surface area contributed by atoms with Crippen LogP contribution < -0.4 is 55.3 Å². The minimum Gasteiger partial charge on any atom is -0.480 e. The number of benzene rings is 2. The molecule has 414 valence electrons. The zero-order valence-corrected chi connectivity index (χ0v) is 42.5. The van der Waals surface area contributed by atoms with Crippen molar-refractivity contribution in [2.24, 2.45) is 38.7 Å². The fourth-order valence-electron chi connectivity index (χ4n) is 9.55. The number of aliphatic carboxylic acids is 1. The van der Waals surface area contributed by atoms with E-state index in [9.17, 15) is 53.4 Å². The number of carbonyl (C=O) groups is 9. The maximum absolute atomic E-state index is 14.1. The van der Waals surface area contributed by atoms with E-state index in [1.807, 2.05) is 0 Å². The number of nitrogens with one attached hydrogen (secondary N) is 5. The molecule has 5 rings (SSSR count). The third-order valence-corrected chi connectivity index (χ3v) is 13.4. The molecule has 0 radical (unpaired) electrons. The number of nitrogens with two attached hydrogens (primary N) is 5. The third kappa shape index (κ3) is 17.4. The first-order chi connectivity index (χ1) is 36.4. The van der Waals surface area contributed by atoms with Crippen molar-refractivity contribution >= 4 is 65.1 Å². The van der Waals surface area contributed by atoms with Gasteiger partial charge in [0.05, 0.1) is 19.2 Å². The fraction of sp³-hybridized carbons (Fsp3) is 0.540. The molecule has 26 nitrogen and oxygen atoms in total. The van der Waals surface area contributed by atoms with Gasteiger partial charge in [-0.1, -0.05) is 60.7 Å². The molecule has 0 saturated carbocycles. The molecule has 3 saturated heterocycles. The average Bonchev–Trinajstić information content (AvgIpc) is 4.22. The van der Waals surface area contributed by atoms with Crippen molar-refractivity contribution in [2.75, 3.05) is 45.9 Å². The number of hydrogen-bond donors (Lipinski definition) is 12. The number of nitrogens with zero attached hydrogens (tertiary/aromatic N) is 5. The van der Waals surface area contributed by atoms with Crippen molar-refractivity contribution in [2.45, 2.75) is 125 Å². The van der Waals surface area contributed by atoms with E-state index in [1.165, 1.54) is 14.7 Å². The summed E-state index contributed by atoms with van der Waals surface area (Å²) >= 11 is 0. The van der Waals surface area contributed by atoms with Crippen LogP contribution >= 0.6 is 0 Å². The molecule has 17 N–H and O–H groups in total. The second-order valence-electron chi connectivity index (χ2n) is 19.0. The van der Waals surface area contributed by atoms with Crippen molar-refractivity contribution in [1.29, 1.82) is 0 Å². The molecule has 3 fully saturated rings. The van der Waals surface area contributed by atoms with E-state index in [-0.39, 0.29) is 69.6 Å². The van der Waals surface area contributed by atoms with Crippen LogP contribution in [-0.4, -0.2) is 184 Å². The van der Waals surface area contributed by atoms with E-state index >= 15 is 0 Å². The molecule has 3 aliphatic heterocycles. The molecule has 1 unspecified atom stereocenters. The van der Waals surface area contributed by atoms with Crippen molar-refractivity contribution in [3.05, 3.63) is 71.8 Å². The van der Waals surface area contributed by atoms with E-state index < -0.39 is 109 Å². The number of guanidine groups is 2. The molecule has 0 bridgehead atoms. The number of carbonyl (C=O) groups excluding carboxylic acids is 8. The maximum Gasteiger partial charge on any atom is 0.326 e. The van der Waals surface area contributed by atoms with E-state index in [2.05, 4.69) is 36.6 Å². The predicted octanol–water partition coefficient (Wildman–Crippen LogP) is -3.99. The van der Waals surface area contributed by atoms with Crippen LogP contribution in [0.15, 0.2) is 70.6 Å². The molecular weight excluding hydrogens is 987 g/mol. The first kappa shape index (κ1) is 59.0. The van der Waals surface area contributed by atoms with Crippen molar-refractivity contribution in [3.63, 3.8) is 0 Å². The lowest BCUT2D eigenvalue weighted by molar-refractivity contribution is -0.147. The molecule has 3 heterocycles. The summed E-state index contributed by atoms with van der Waals surface area (Å²) < 4.78 is 0. The van der Waals surface area contributed by atoms with Gasteiger partial charge >= 0.3 is 5.97 Å². The Hall–Kier alpha value is -7.87. The van der Waals surface area contributed by atoms with Crippen molar-refractivity contribution < 1.29 is 53.4 Å². The average molecular weight is 1060 g/mol. The summed E-state index contributed by atoms with van der Waals surface area (Å²) in [7, 11) is 0. The topological polar surface area (TPSA) is 419 Å². The maximum atomic E-state index is 14.1. The van der Waals surface area contributed by atoms with Gasteiger partial charge in [0.2, 0.25) is 47.3 Å². The predicted molar refractivity (Wildman–Crippen MR) is 278 cm³/mol. The molecule has 76 heavy (non-hydrogen) atoms. The van der Waals surface area contributed by atoms with E-state index in [1.54, 1.807) is 60.7 Å². The molecule has 8 atom stereocenters. The normalized spacial score (nSPS) is 19.0. The zero-order chi connectivity index (χ0) is 55.3. The van der Waals surface area contributed by atoms with E-state index in [0.29, 0.717) is 69.2 Å². The highest BCUT2D eigenvalue weighted by Crippen LogP contribution is 2.26. The number of carboxylic acid groups (broad SMARTS) is 1. The number of aliphatic imine (C=N–C) groups is 2. The van der Waals surface area contributed by atoms with Crippen LogP contribution in [-0.2, 0) is 56.0 Å². The van der Waals surface area contributed by atoms with E-state index in [4.69, 9.17) is 28.7 Å². The number of rotatable bonds is 27. The van der Waals surface area contributed by atoms with Crippen LogP contribution in [0.5, 0.6) is 0 Å². The lowest BCUT2D eigenvalue weighted by Crippen LogP contribution is -2.60. The Balaban J connectivity index is 1.21. The highest BCUT2D eigenvalue weighted by molar-refractivity contribution is 5.98. The number of likely N-dealkylation sites (tertiary alicyclic amines) is 3. The number of aliphatic hydroxyl groups excluding tert-OH is 1. The lowest BCUT2D eigenvalue weighted by Gasteiger charge is -2.32. The quantitative estimate of drug-likeness (QED) is 0.0231. The molecule has 0 aromatic heterocycles. The van der Waals surface area contributed by atoms with Gasteiger partial charge in [-0.2, -0.15) is 0 Å². The monoisotopic (exact) mass is 1060 g/mol. The SMILES string of the molecule is NC(N)=NCCC[C@H](NC(=O)[C@H](Cc1ccccc1)NC(=O)[C@@H]1CCCN1C(=O)[C@H](CO)NC(=O)[C@H](Cc1ccccc1)NC(=O)CNC(=O)[C@@H]1CCCN1C(=O)C1CCCN1C(=O)[C@@H](N)CCCN=C(N)N)C(=O)O. The summed E-state index contributed by atoms with van der Waals surface area (Å²) in [6.45, 7) is -0.442. The fourth-order valence-corrected chi connectivity index (χ4v) is 9.55. The molecule has 2 aromatic carbocycles. The van der Waals surface area contributed by atoms with Crippen molar-refractivity contribution in [3.8, 4) is 0 Å². The Bertz CT molecular complexity index is 2400. The Kier molecular flexibility index (Phi) is 22.7. The van der Waals surface area contributed by atoms with Crippen LogP contribution in [0.4, 0.5) is 0 Å². The number of aliphatic hydroxyl groups is 1. The Morgan fingerprint density at radius 2 is 1.05 bits per heavy atom. The lowest BCUT2D eigenvalue weighted by atomic mass is 10.0. The Labute approximate surface area is 440 Å². The molecule has 0 spiro atoms. The molecular formula is C50H73N15O11. The molecule has 26 heteroatoms. The largest absolute Gasteiger partial charge is 0.480 e. The van der Waals surface area contributed by atoms with Crippen LogP contribution in [0.25, 0.3) is 0 Å². The highest BCUT2D eigenvalue weighted by Gasteiger charge is 2.44. The minimum absolute atomic E-state index is 0.0209. The second-order valence-corrected chi connectivity index (χ2v) is 19.0. The van der Waals surface area contributed by atoms with Gasteiger partial charge in [-0.15, -0.1) is 0 Å². The smallest absolute Gasteiger partial charge is 0.326 e. The number of hydrogen-bond acceptors (Lipinski definition) is 13. The van der Waals surface area contributed by atoms with Gasteiger partial charge in [0.15, 0.2) is 11.9 Å². The molecule has 0 aliphatic carbocycles. The van der Waals surface area contributed by atoms with Gasteiger partial charge in [0, 0.05) is 45.6 Å². The molecule has 8 amide bonds. The van der Waals surface area contributed by atoms with Gasteiger partial charge in [0.1, 0.15) is 42.3 Å². The number of amides is 8. The Morgan fingerprint density at radius 3 is 1.58 bits per heavy atom. The van der Waals surface area contributed by atoms with E-state index in [0.717, 1.165) is 0 Å². The minimum atomic E-state index is -1.59. The summed E-state index contributed by atoms with van der Waals surface area (Å²) in [5, 5.41) is 33.3. The van der Waals surface area contributed by atoms with Gasteiger partial charge in [-0.05, 0) is 75.3 Å². The summed E-state index contributed by atoms with van der Waals surface area (Å²) in [6, 6.07) is 8.00. The van der Waals surface area contributed by atoms with Gasteiger partial charge < -0.3 is 80.2 Å². The summed E-state index contributed by atoms with van der Waals surface area (Å²) in [5.74, 6) is -6.93. The summed E-state index contributed by atoms with van der Waals surface area (Å²) in [4.78, 5) is 134. The highest BCUT2D eigenvalue weighted by atomic mass is 16.4. The molecule has 3 aliphatic rings. The van der Waals surface area contributed by atoms with Gasteiger partial charge in [-0.25, -0.2) is 4.79 Å². The summed E-state index contributed by atoms with van der Waals surface area (Å²) in [6.07, 6.45) is 3.13. The Morgan fingerprint density at radius 1 is 0.579 bits per heavy atom. The zero-order valence-electron chi connectivity index (χ0n) is 42.5. The van der Waals surface area contributed by atoms with Crippen molar-refractivity contribution in [1.82, 2.24) is 41.3 Å². The molecule has 2 aromatic rings.